The summed E-state index contributed by atoms with van der Waals surface area (Å²) in [6, 6.07) is 6.27. The Kier molecular flexibility index (Phi) is 6.56. The van der Waals surface area contributed by atoms with Crippen molar-refractivity contribution in [3.63, 3.8) is 0 Å². The Bertz CT molecular complexity index is 670. The van der Waals surface area contributed by atoms with Gasteiger partial charge in [0.25, 0.3) is 0 Å². The van der Waals surface area contributed by atoms with Crippen LogP contribution < -0.4 is 9.62 Å². The molecule has 1 aromatic carbocycles. The molecule has 0 aliphatic heterocycles. The Morgan fingerprint density at radius 1 is 1.26 bits per heavy atom. The van der Waals surface area contributed by atoms with Crippen LogP contribution in [0.25, 0.3) is 0 Å². The molecule has 1 aromatic rings. The molecule has 0 atom stereocenters. The van der Waals surface area contributed by atoms with Crippen molar-refractivity contribution < 1.29 is 22.7 Å². The first kappa shape index (κ1) is 19.0. The van der Waals surface area contributed by atoms with Gasteiger partial charge in [0.2, 0.25) is 15.9 Å². The van der Waals surface area contributed by atoms with Crippen LogP contribution >= 0.6 is 0 Å². The topological polar surface area (TPSA) is 92.8 Å². The van der Waals surface area contributed by atoms with Crippen LogP contribution in [0.1, 0.15) is 24.2 Å². The highest BCUT2D eigenvalue weighted by Crippen LogP contribution is 2.23. The van der Waals surface area contributed by atoms with Crippen molar-refractivity contribution >= 4 is 27.6 Å². The molecule has 0 heterocycles. The first-order valence-corrected chi connectivity index (χ1v) is 8.96. The maximum atomic E-state index is 12.1. The highest BCUT2D eigenvalue weighted by molar-refractivity contribution is 7.92. The van der Waals surface area contributed by atoms with Crippen molar-refractivity contribution in [3.8, 4) is 0 Å². The third-order valence-corrected chi connectivity index (χ3v) is 4.30. The molecule has 0 spiro atoms. The lowest BCUT2D eigenvalue weighted by molar-refractivity contribution is -0.123. The van der Waals surface area contributed by atoms with Crippen molar-refractivity contribution in [2.24, 2.45) is 5.92 Å². The van der Waals surface area contributed by atoms with Gasteiger partial charge in [0.05, 0.1) is 31.2 Å². The number of hydrogen-bond acceptors (Lipinski definition) is 5. The first-order valence-electron chi connectivity index (χ1n) is 7.11. The Balaban J connectivity index is 3.05. The average molecular weight is 342 g/mol. The number of rotatable bonds is 7. The third kappa shape index (κ3) is 5.24. The van der Waals surface area contributed by atoms with Crippen LogP contribution in [0, 0.1) is 5.92 Å². The fraction of sp³-hybridized carbons (Fsp3) is 0.467. The van der Waals surface area contributed by atoms with Gasteiger partial charge in [-0.1, -0.05) is 26.0 Å². The summed E-state index contributed by atoms with van der Waals surface area (Å²) in [6.07, 6.45) is 1.05. The van der Waals surface area contributed by atoms with E-state index in [1.807, 2.05) is 0 Å². The molecule has 0 aliphatic carbocycles. The molecule has 1 N–H and O–H groups in total. The summed E-state index contributed by atoms with van der Waals surface area (Å²) in [5.74, 6) is -0.982. The zero-order valence-electron chi connectivity index (χ0n) is 13.7. The molecule has 0 saturated carbocycles. The predicted octanol–water partition coefficient (Wildman–Crippen LogP) is 1.01. The average Bonchev–Trinajstić information content (AvgIpc) is 2.49. The highest BCUT2D eigenvalue weighted by Gasteiger charge is 2.23. The number of sulfonamides is 1. The van der Waals surface area contributed by atoms with Gasteiger partial charge in [-0.15, -0.1) is 0 Å². The summed E-state index contributed by atoms with van der Waals surface area (Å²) in [4.78, 5) is 23.4. The Morgan fingerprint density at radius 3 is 2.39 bits per heavy atom. The first-order chi connectivity index (χ1) is 10.7. The van der Waals surface area contributed by atoms with Crippen molar-refractivity contribution in [3.05, 3.63) is 29.8 Å². The second-order valence-electron chi connectivity index (χ2n) is 5.29. The van der Waals surface area contributed by atoms with Gasteiger partial charge in [-0.3, -0.25) is 9.10 Å². The number of esters is 1. The summed E-state index contributed by atoms with van der Waals surface area (Å²) in [5.41, 5.74) is 0.372. The van der Waals surface area contributed by atoms with Gasteiger partial charge in [-0.2, -0.15) is 0 Å². The van der Waals surface area contributed by atoms with E-state index in [0.29, 0.717) is 0 Å². The van der Waals surface area contributed by atoms with Crippen LogP contribution in [0.4, 0.5) is 5.69 Å². The number of benzene rings is 1. The SMILES string of the molecule is COC(=O)c1ccccc1N(CCNC(=O)C(C)C)S(C)(=O)=O. The van der Waals surface area contributed by atoms with Gasteiger partial charge in [-0.25, -0.2) is 13.2 Å². The van der Waals surface area contributed by atoms with Gasteiger partial charge in [0.1, 0.15) is 0 Å². The van der Waals surface area contributed by atoms with E-state index in [-0.39, 0.29) is 36.2 Å². The number of amides is 1. The molecule has 0 bridgehead atoms. The second-order valence-corrected chi connectivity index (χ2v) is 7.20. The smallest absolute Gasteiger partial charge is 0.340 e. The van der Waals surface area contributed by atoms with Crippen LogP contribution in [0.2, 0.25) is 0 Å². The van der Waals surface area contributed by atoms with Crippen LogP contribution in [-0.4, -0.2) is 46.7 Å². The molecule has 1 amide bonds. The Morgan fingerprint density at radius 2 is 1.87 bits per heavy atom. The van der Waals surface area contributed by atoms with E-state index in [1.165, 1.54) is 19.2 Å². The molecule has 1 rings (SSSR count). The quantitative estimate of drug-likeness (QED) is 0.747. The summed E-state index contributed by atoms with van der Waals surface area (Å²) in [6.45, 7) is 3.65. The Labute approximate surface area is 136 Å². The predicted molar refractivity (Wildman–Crippen MR) is 87.8 cm³/mol. The molecule has 0 fully saturated rings. The molecule has 0 unspecified atom stereocenters. The maximum absolute atomic E-state index is 12.1. The van der Waals surface area contributed by atoms with Crippen molar-refractivity contribution in [2.75, 3.05) is 30.8 Å². The van der Waals surface area contributed by atoms with Crippen LogP contribution in [0.15, 0.2) is 24.3 Å². The summed E-state index contributed by atoms with van der Waals surface area (Å²) >= 11 is 0. The van der Waals surface area contributed by atoms with Gasteiger partial charge >= 0.3 is 5.97 Å². The molecule has 0 radical (unpaired) electrons. The van der Waals surface area contributed by atoms with Crippen molar-refractivity contribution in [1.82, 2.24) is 5.32 Å². The van der Waals surface area contributed by atoms with E-state index < -0.39 is 16.0 Å². The van der Waals surface area contributed by atoms with Crippen LogP contribution in [0.3, 0.4) is 0 Å². The Hall–Kier alpha value is -2.09. The highest BCUT2D eigenvalue weighted by atomic mass is 32.2. The molecule has 0 aliphatic rings. The largest absolute Gasteiger partial charge is 0.465 e. The number of ether oxygens (including phenoxy) is 1. The monoisotopic (exact) mass is 342 g/mol. The van der Waals surface area contributed by atoms with Gasteiger partial charge in [0.15, 0.2) is 0 Å². The van der Waals surface area contributed by atoms with E-state index >= 15 is 0 Å². The summed E-state index contributed by atoms with van der Waals surface area (Å²) in [5, 5.41) is 2.66. The maximum Gasteiger partial charge on any atom is 0.340 e. The number of hydrogen-bond donors (Lipinski definition) is 1. The number of methoxy groups -OCH3 is 1. The lowest BCUT2D eigenvalue weighted by Gasteiger charge is -2.24. The fourth-order valence-corrected chi connectivity index (χ4v) is 2.86. The van der Waals surface area contributed by atoms with Gasteiger partial charge in [-0.05, 0) is 12.1 Å². The normalized spacial score (nSPS) is 11.2. The number of carbonyl (C=O) groups excluding carboxylic acids is 2. The third-order valence-electron chi connectivity index (χ3n) is 3.12. The lowest BCUT2D eigenvalue weighted by Crippen LogP contribution is -2.39. The number of nitrogens with zero attached hydrogens (tertiary/aromatic N) is 1. The standard InChI is InChI=1S/C15H22N2O5S/c1-11(2)14(18)16-9-10-17(23(4,20)21)13-8-6-5-7-12(13)15(19)22-3/h5-8,11H,9-10H2,1-4H3,(H,16,18). The molecule has 23 heavy (non-hydrogen) atoms. The minimum Gasteiger partial charge on any atom is -0.465 e. The molecule has 7 nitrogen and oxygen atoms in total. The van der Waals surface area contributed by atoms with E-state index in [2.05, 4.69) is 10.1 Å². The zero-order valence-corrected chi connectivity index (χ0v) is 14.5. The molecule has 0 saturated heterocycles. The van der Waals surface area contributed by atoms with E-state index in [4.69, 9.17) is 0 Å². The number of para-hydroxylation sites is 1. The molecular weight excluding hydrogens is 320 g/mol. The molecule has 0 aromatic heterocycles. The number of nitrogens with one attached hydrogen (secondary N) is 1. The van der Waals surface area contributed by atoms with E-state index in [0.717, 1.165) is 10.6 Å². The van der Waals surface area contributed by atoms with E-state index in [9.17, 15) is 18.0 Å². The fourth-order valence-electron chi connectivity index (χ4n) is 1.92. The van der Waals surface area contributed by atoms with Crippen molar-refractivity contribution in [1.29, 1.82) is 0 Å². The summed E-state index contributed by atoms with van der Waals surface area (Å²) < 4.78 is 29.9. The molecule has 128 valence electrons. The minimum atomic E-state index is -3.63. The van der Waals surface area contributed by atoms with E-state index in [1.54, 1.807) is 26.0 Å². The zero-order chi connectivity index (χ0) is 17.6. The van der Waals surface area contributed by atoms with Crippen LogP contribution in [-0.2, 0) is 19.6 Å². The van der Waals surface area contributed by atoms with Crippen LogP contribution in [0.5, 0.6) is 0 Å². The summed E-state index contributed by atoms with van der Waals surface area (Å²) in [7, 11) is -2.40. The van der Waals surface area contributed by atoms with Gasteiger partial charge in [0, 0.05) is 12.5 Å². The lowest BCUT2D eigenvalue weighted by atomic mass is 10.2. The minimum absolute atomic E-state index is 0.0191. The van der Waals surface area contributed by atoms with Gasteiger partial charge < -0.3 is 10.1 Å². The second kappa shape index (κ2) is 7.96. The number of carbonyl (C=O) groups is 2. The number of anilines is 1. The van der Waals surface area contributed by atoms with Crippen molar-refractivity contribution in [2.45, 2.75) is 13.8 Å². The molecular formula is C15H22N2O5S. The molecule has 8 heteroatoms.